The first-order valence-electron chi connectivity index (χ1n) is 9.78. The summed E-state index contributed by atoms with van der Waals surface area (Å²) < 4.78 is 0. The van der Waals surface area contributed by atoms with E-state index >= 15 is 0 Å². The number of benzene rings is 1. The van der Waals surface area contributed by atoms with Gasteiger partial charge in [0.1, 0.15) is 11.1 Å². The van der Waals surface area contributed by atoms with Crippen molar-refractivity contribution in [1.82, 2.24) is 16.0 Å². The number of carbonyl (C=O) groups excluding carboxylic acids is 4. The highest BCUT2D eigenvalue weighted by Crippen LogP contribution is 2.44. The molecule has 3 fully saturated rings. The molecule has 1 aromatic carbocycles. The van der Waals surface area contributed by atoms with Crippen molar-refractivity contribution in [3.05, 3.63) is 34.9 Å². The number of urea groups is 1. The highest BCUT2D eigenvalue weighted by molar-refractivity contribution is 6.30. The van der Waals surface area contributed by atoms with E-state index < -0.39 is 34.8 Å². The Kier molecular flexibility index (Phi) is 4.77. The molecule has 5 N–H and O–H groups in total. The number of halogens is 1. The van der Waals surface area contributed by atoms with Gasteiger partial charge in [-0.15, -0.1) is 0 Å². The molecule has 4 rings (SSSR count). The third-order valence-corrected chi connectivity index (χ3v) is 6.77. The maximum Gasteiger partial charge on any atom is 0.322 e. The predicted octanol–water partition coefficient (Wildman–Crippen LogP) is 1.32. The van der Waals surface area contributed by atoms with E-state index in [9.17, 15) is 19.2 Å². The molecule has 1 aliphatic heterocycles. The van der Waals surface area contributed by atoms with Crippen LogP contribution < -0.4 is 21.7 Å². The highest BCUT2D eigenvalue weighted by Gasteiger charge is 2.58. The van der Waals surface area contributed by atoms with Crippen LogP contribution in [0.3, 0.4) is 0 Å². The van der Waals surface area contributed by atoms with Crippen molar-refractivity contribution >= 4 is 35.4 Å². The van der Waals surface area contributed by atoms with Crippen molar-refractivity contribution in [3.8, 4) is 0 Å². The van der Waals surface area contributed by atoms with Gasteiger partial charge in [-0.2, -0.15) is 0 Å². The molecule has 1 aromatic rings. The molecule has 1 saturated heterocycles. The summed E-state index contributed by atoms with van der Waals surface area (Å²) in [6.07, 6.45) is 3.81. The molecule has 2 saturated carbocycles. The smallest absolute Gasteiger partial charge is 0.322 e. The maximum atomic E-state index is 13.1. The van der Waals surface area contributed by atoms with E-state index in [0.29, 0.717) is 10.6 Å². The number of hydrogen-bond acceptors (Lipinski definition) is 4. The third-order valence-electron chi connectivity index (χ3n) is 6.53. The lowest BCUT2D eigenvalue weighted by atomic mass is 9.67. The summed E-state index contributed by atoms with van der Waals surface area (Å²) in [5.74, 6) is -2.03. The van der Waals surface area contributed by atoms with Gasteiger partial charge in [0.2, 0.25) is 11.8 Å². The Labute approximate surface area is 172 Å². The number of carbonyl (C=O) groups is 4. The molecule has 1 unspecified atom stereocenters. The minimum atomic E-state index is -1.36. The Morgan fingerprint density at radius 2 is 1.90 bits per heavy atom. The van der Waals surface area contributed by atoms with Crippen LogP contribution in [0.15, 0.2) is 24.3 Å². The molecule has 1 spiro atoms. The van der Waals surface area contributed by atoms with Crippen LogP contribution in [0.4, 0.5) is 4.79 Å². The van der Waals surface area contributed by atoms with Crippen LogP contribution in [0.5, 0.6) is 0 Å². The van der Waals surface area contributed by atoms with E-state index in [2.05, 4.69) is 16.0 Å². The lowest BCUT2D eigenvalue weighted by Crippen LogP contribution is -2.64. The average Bonchev–Trinajstić information content (AvgIpc) is 3.25. The van der Waals surface area contributed by atoms with Gasteiger partial charge >= 0.3 is 6.03 Å². The van der Waals surface area contributed by atoms with Crippen LogP contribution in [0, 0.1) is 11.8 Å². The Balaban J connectivity index is 1.61. The molecule has 8 nitrogen and oxygen atoms in total. The van der Waals surface area contributed by atoms with Crippen LogP contribution >= 0.6 is 11.6 Å². The number of primary amides is 1. The summed E-state index contributed by atoms with van der Waals surface area (Å²) in [5, 5.41) is 8.18. The van der Waals surface area contributed by atoms with Gasteiger partial charge in [0.25, 0.3) is 5.91 Å². The van der Waals surface area contributed by atoms with Crippen LogP contribution in [0.1, 0.15) is 44.1 Å². The van der Waals surface area contributed by atoms with E-state index in [-0.39, 0.29) is 24.7 Å². The van der Waals surface area contributed by atoms with E-state index in [1.807, 2.05) is 0 Å². The van der Waals surface area contributed by atoms with E-state index in [0.717, 1.165) is 25.7 Å². The number of imide groups is 1. The lowest BCUT2D eigenvalue weighted by Gasteiger charge is -2.44. The molecule has 1 heterocycles. The molecule has 0 bridgehead atoms. The fourth-order valence-corrected chi connectivity index (χ4v) is 5.18. The standard InChI is InChI=1S/C20H23ClN4O4/c21-14-7-3-6-13(8-14)20(16(22)27,12-4-1-2-5-12)24-15(26)11-9-19(10-11)17(28)23-18(29)25-19/h3,6-8,11-12H,1-2,4-5,9-10H2,(H2,22,27)(H,24,26)(H2,23,25,28,29). The molecule has 5 amide bonds. The predicted molar refractivity (Wildman–Crippen MR) is 105 cm³/mol. The average molecular weight is 419 g/mol. The summed E-state index contributed by atoms with van der Waals surface area (Å²) in [6.45, 7) is 0. The van der Waals surface area contributed by atoms with Gasteiger partial charge in [-0.1, -0.05) is 36.6 Å². The number of amides is 5. The van der Waals surface area contributed by atoms with Crippen molar-refractivity contribution in [3.63, 3.8) is 0 Å². The van der Waals surface area contributed by atoms with Crippen molar-refractivity contribution in [2.24, 2.45) is 17.6 Å². The van der Waals surface area contributed by atoms with Crippen LogP contribution in [0.2, 0.25) is 5.02 Å². The van der Waals surface area contributed by atoms with Gasteiger partial charge in [-0.25, -0.2) is 4.79 Å². The molecule has 29 heavy (non-hydrogen) atoms. The van der Waals surface area contributed by atoms with Crippen molar-refractivity contribution in [1.29, 1.82) is 0 Å². The monoisotopic (exact) mass is 418 g/mol. The first-order chi connectivity index (χ1) is 13.8. The van der Waals surface area contributed by atoms with Crippen molar-refractivity contribution in [2.45, 2.75) is 49.6 Å². The van der Waals surface area contributed by atoms with E-state index in [1.165, 1.54) is 0 Å². The Morgan fingerprint density at radius 1 is 1.21 bits per heavy atom. The zero-order valence-electron chi connectivity index (χ0n) is 15.8. The van der Waals surface area contributed by atoms with Gasteiger partial charge in [-0.3, -0.25) is 19.7 Å². The summed E-state index contributed by atoms with van der Waals surface area (Å²) in [5.41, 5.74) is 4.06. The quantitative estimate of drug-likeness (QED) is 0.537. The van der Waals surface area contributed by atoms with Crippen molar-refractivity contribution < 1.29 is 19.2 Å². The zero-order valence-corrected chi connectivity index (χ0v) is 16.6. The first-order valence-corrected chi connectivity index (χ1v) is 10.2. The topological polar surface area (TPSA) is 130 Å². The van der Waals surface area contributed by atoms with Gasteiger partial charge in [0, 0.05) is 10.9 Å². The molecule has 0 radical (unpaired) electrons. The highest BCUT2D eigenvalue weighted by atomic mass is 35.5. The van der Waals surface area contributed by atoms with Crippen LogP contribution in [-0.2, 0) is 19.9 Å². The Morgan fingerprint density at radius 3 is 2.45 bits per heavy atom. The number of nitrogens with one attached hydrogen (secondary N) is 3. The number of nitrogens with two attached hydrogens (primary N) is 1. The summed E-state index contributed by atoms with van der Waals surface area (Å²) in [7, 11) is 0. The number of hydrogen-bond donors (Lipinski definition) is 4. The van der Waals surface area contributed by atoms with Gasteiger partial charge in [0.05, 0.1) is 0 Å². The Bertz CT molecular complexity index is 892. The van der Waals surface area contributed by atoms with Gasteiger partial charge in [0.15, 0.2) is 0 Å². The normalized spacial score (nSPS) is 28.4. The maximum absolute atomic E-state index is 13.1. The molecular formula is C20H23ClN4O4. The molecule has 0 aromatic heterocycles. The molecule has 3 aliphatic rings. The van der Waals surface area contributed by atoms with Gasteiger partial charge < -0.3 is 16.4 Å². The zero-order chi connectivity index (χ0) is 20.8. The Hall–Kier alpha value is -2.61. The van der Waals surface area contributed by atoms with Crippen LogP contribution in [0.25, 0.3) is 0 Å². The fourth-order valence-electron chi connectivity index (χ4n) is 4.99. The van der Waals surface area contributed by atoms with E-state index in [1.54, 1.807) is 24.3 Å². The molecule has 9 heteroatoms. The third kappa shape index (κ3) is 3.15. The lowest BCUT2D eigenvalue weighted by molar-refractivity contribution is -0.142. The van der Waals surface area contributed by atoms with Crippen molar-refractivity contribution in [2.75, 3.05) is 0 Å². The largest absolute Gasteiger partial charge is 0.367 e. The molecular weight excluding hydrogens is 396 g/mol. The van der Waals surface area contributed by atoms with E-state index in [4.69, 9.17) is 17.3 Å². The molecule has 154 valence electrons. The minimum Gasteiger partial charge on any atom is -0.367 e. The van der Waals surface area contributed by atoms with Crippen LogP contribution in [-0.4, -0.2) is 29.3 Å². The summed E-state index contributed by atoms with van der Waals surface area (Å²) in [4.78, 5) is 49.3. The number of rotatable bonds is 5. The molecule has 1 atom stereocenters. The first kappa shape index (κ1) is 19.7. The fraction of sp³-hybridized carbons (Fsp3) is 0.500. The second-order valence-electron chi connectivity index (χ2n) is 8.25. The van der Waals surface area contributed by atoms with Gasteiger partial charge in [-0.05, 0) is 49.3 Å². The second kappa shape index (κ2) is 7.02. The second-order valence-corrected chi connectivity index (χ2v) is 8.69. The summed E-state index contributed by atoms with van der Waals surface area (Å²) >= 11 is 6.16. The molecule has 2 aliphatic carbocycles. The summed E-state index contributed by atoms with van der Waals surface area (Å²) in [6, 6.07) is 6.29. The minimum absolute atomic E-state index is 0.133. The SMILES string of the molecule is NC(=O)C(NC(=O)C1CC2(C1)NC(=O)NC2=O)(c1cccc(Cl)c1)C1CCCC1.